The molecule has 140 valence electrons. The molecular formula is C18H22FN3O3S. The fourth-order valence-electron chi connectivity index (χ4n) is 3.05. The Labute approximate surface area is 153 Å². The highest BCUT2D eigenvalue weighted by molar-refractivity contribution is 7.88. The molecule has 0 saturated carbocycles. The standard InChI is InChI=1S/C18H22FN3O3S/c1-13-11-18(21-14(2)20-13)25-16-7-9-22(10-8-16)26(23,24)12-15-5-3-4-6-17(15)19/h3-6,11,16H,7-10,12H2,1-2H3. The fraction of sp³-hybridized carbons (Fsp3) is 0.444. The second kappa shape index (κ2) is 7.67. The summed E-state index contributed by atoms with van der Waals surface area (Å²) in [5.74, 6) is 0.339. The molecular weight excluding hydrogens is 357 g/mol. The van der Waals surface area contributed by atoms with E-state index in [2.05, 4.69) is 9.97 Å². The van der Waals surface area contributed by atoms with Gasteiger partial charge in [0.05, 0.1) is 5.75 Å². The summed E-state index contributed by atoms with van der Waals surface area (Å²) in [5, 5.41) is 0. The van der Waals surface area contributed by atoms with Crippen molar-refractivity contribution in [3.05, 3.63) is 53.2 Å². The van der Waals surface area contributed by atoms with Gasteiger partial charge in [0.25, 0.3) is 0 Å². The molecule has 1 aromatic heterocycles. The van der Waals surface area contributed by atoms with Gasteiger partial charge in [-0.3, -0.25) is 0 Å². The molecule has 2 aromatic rings. The van der Waals surface area contributed by atoms with Gasteiger partial charge in [-0.25, -0.2) is 22.1 Å². The Morgan fingerprint density at radius 1 is 1.19 bits per heavy atom. The Morgan fingerprint density at radius 3 is 2.54 bits per heavy atom. The van der Waals surface area contributed by atoms with E-state index in [1.165, 1.54) is 16.4 Å². The van der Waals surface area contributed by atoms with Crippen LogP contribution in [-0.2, 0) is 15.8 Å². The highest BCUT2D eigenvalue weighted by Crippen LogP contribution is 2.22. The maximum absolute atomic E-state index is 13.7. The molecule has 0 atom stereocenters. The summed E-state index contributed by atoms with van der Waals surface area (Å²) in [6.45, 7) is 4.38. The van der Waals surface area contributed by atoms with Crippen LogP contribution in [0, 0.1) is 19.7 Å². The van der Waals surface area contributed by atoms with Gasteiger partial charge in [-0.1, -0.05) is 18.2 Å². The summed E-state index contributed by atoms with van der Waals surface area (Å²) < 4.78 is 46.2. The lowest BCUT2D eigenvalue weighted by atomic mass is 10.1. The Kier molecular flexibility index (Phi) is 5.52. The zero-order valence-electron chi connectivity index (χ0n) is 14.9. The second-order valence-corrected chi connectivity index (χ2v) is 8.43. The minimum atomic E-state index is -3.56. The topological polar surface area (TPSA) is 72.4 Å². The van der Waals surface area contributed by atoms with Crippen molar-refractivity contribution < 1.29 is 17.5 Å². The smallest absolute Gasteiger partial charge is 0.218 e. The van der Waals surface area contributed by atoms with Crippen LogP contribution in [0.25, 0.3) is 0 Å². The average molecular weight is 379 g/mol. The third-order valence-corrected chi connectivity index (χ3v) is 6.15. The van der Waals surface area contributed by atoms with Crippen molar-refractivity contribution in [2.24, 2.45) is 0 Å². The van der Waals surface area contributed by atoms with Gasteiger partial charge in [-0.15, -0.1) is 0 Å². The summed E-state index contributed by atoms with van der Waals surface area (Å²) >= 11 is 0. The predicted molar refractivity (Wildman–Crippen MR) is 95.8 cm³/mol. The SMILES string of the molecule is Cc1cc(OC2CCN(S(=O)(=O)Cc3ccccc3F)CC2)nc(C)n1. The van der Waals surface area contributed by atoms with Gasteiger partial charge in [-0.2, -0.15) is 4.98 Å². The molecule has 1 aromatic carbocycles. The van der Waals surface area contributed by atoms with Crippen LogP contribution in [0.1, 0.15) is 29.9 Å². The van der Waals surface area contributed by atoms with E-state index in [-0.39, 0.29) is 17.4 Å². The number of aryl methyl sites for hydroxylation is 2. The van der Waals surface area contributed by atoms with Crippen molar-refractivity contribution in [1.82, 2.24) is 14.3 Å². The first-order chi connectivity index (χ1) is 12.3. The predicted octanol–water partition coefficient (Wildman–Crippen LogP) is 2.61. The molecule has 1 aliphatic rings. The van der Waals surface area contributed by atoms with Crippen molar-refractivity contribution in [2.45, 2.75) is 38.5 Å². The van der Waals surface area contributed by atoms with E-state index in [0.29, 0.717) is 37.6 Å². The van der Waals surface area contributed by atoms with Crippen LogP contribution in [0.2, 0.25) is 0 Å². The normalized spacial score (nSPS) is 16.6. The largest absolute Gasteiger partial charge is 0.474 e. The summed E-state index contributed by atoms with van der Waals surface area (Å²) in [6, 6.07) is 7.73. The molecule has 0 N–H and O–H groups in total. The van der Waals surface area contributed by atoms with Crippen molar-refractivity contribution in [1.29, 1.82) is 0 Å². The van der Waals surface area contributed by atoms with E-state index in [0.717, 1.165) is 5.69 Å². The number of hydrogen-bond donors (Lipinski definition) is 0. The van der Waals surface area contributed by atoms with Crippen LogP contribution >= 0.6 is 0 Å². The average Bonchev–Trinajstić information content (AvgIpc) is 2.56. The van der Waals surface area contributed by atoms with Gasteiger partial charge in [0.1, 0.15) is 17.7 Å². The lowest BCUT2D eigenvalue weighted by Gasteiger charge is -2.31. The quantitative estimate of drug-likeness (QED) is 0.798. The van der Waals surface area contributed by atoms with Crippen LogP contribution < -0.4 is 4.74 Å². The summed E-state index contributed by atoms with van der Waals surface area (Å²) in [5.41, 5.74) is 1.02. The molecule has 0 bridgehead atoms. The van der Waals surface area contributed by atoms with E-state index in [4.69, 9.17) is 4.74 Å². The molecule has 2 heterocycles. The van der Waals surface area contributed by atoms with E-state index in [9.17, 15) is 12.8 Å². The van der Waals surface area contributed by atoms with Gasteiger partial charge >= 0.3 is 0 Å². The first-order valence-electron chi connectivity index (χ1n) is 8.54. The van der Waals surface area contributed by atoms with Crippen LogP contribution in [0.5, 0.6) is 5.88 Å². The Balaban J connectivity index is 1.60. The molecule has 0 unspecified atom stereocenters. The molecule has 0 amide bonds. The number of rotatable bonds is 5. The first-order valence-corrected chi connectivity index (χ1v) is 10.1. The van der Waals surface area contributed by atoms with Gasteiger partial charge < -0.3 is 4.74 Å². The van der Waals surface area contributed by atoms with Crippen molar-refractivity contribution >= 4 is 10.0 Å². The molecule has 0 aliphatic carbocycles. The number of hydrogen-bond acceptors (Lipinski definition) is 5. The van der Waals surface area contributed by atoms with Gasteiger partial charge in [-0.05, 0) is 32.8 Å². The monoisotopic (exact) mass is 379 g/mol. The third kappa shape index (κ3) is 4.56. The molecule has 8 heteroatoms. The Hall–Kier alpha value is -2.06. The van der Waals surface area contributed by atoms with Gasteiger partial charge in [0, 0.05) is 30.4 Å². The maximum atomic E-state index is 13.7. The summed E-state index contributed by atoms with van der Waals surface area (Å²) in [4.78, 5) is 8.46. The van der Waals surface area contributed by atoms with Crippen molar-refractivity contribution in [3.8, 4) is 5.88 Å². The zero-order valence-corrected chi connectivity index (χ0v) is 15.7. The number of sulfonamides is 1. The second-order valence-electron chi connectivity index (χ2n) is 6.46. The molecule has 1 fully saturated rings. The lowest BCUT2D eigenvalue weighted by Crippen LogP contribution is -2.42. The molecule has 1 aliphatic heterocycles. The minimum Gasteiger partial charge on any atom is -0.474 e. The number of ether oxygens (including phenoxy) is 1. The van der Waals surface area contributed by atoms with Gasteiger partial charge in [0.15, 0.2) is 0 Å². The molecule has 6 nitrogen and oxygen atoms in total. The number of aromatic nitrogens is 2. The van der Waals surface area contributed by atoms with Crippen molar-refractivity contribution in [3.63, 3.8) is 0 Å². The third-order valence-electron chi connectivity index (χ3n) is 4.32. The fourth-order valence-corrected chi connectivity index (χ4v) is 4.62. The van der Waals surface area contributed by atoms with Crippen LogP contribution in [-0.4, -0.2) is 41.9 Å². The summed E-state index contributed by atoms with van der Waals surface area (Å²) in [6.07, 6.45) is 1.04. The molecule has 3 rings (SSSR count). The minimum absolute atomic E-state index is 0.0939. The highest BCUT2D eigenvalue weighted by Gasteiger charge is 2.29. The van der Waals surface area contributed by atoms with E-state index < -0.39 is 15.8 Å². The van der Waals surface area contributed by atoms with E-state index in [1.807, 2.05) is 6.92 Å². The lowest BCUT2D eigenvalue weighted by molar-refractivity contribution is 0.129. The molecule has 1 saturated heterocycles. The zero-order chi connectivity index (χ0) is 18.7. The maximum Gasteiger partial charge on any atom is 0.218 e. The number of halogens is 1. The Bertz CT molecular complexity index is 861. The van der Waals surface area contributed by atoms with Crippen LogP contribution in [0.3, 0.4) is 0 Å². The highest BCUT2D eigenvalue weighted by atomic mass is 32.2. The Morgan fingerprint density at radius 2 is 1.88 bits per heavy atom. The van der Waals surface area contributed by atoms with Gasteiger partial charge in [0.2, 0.25) is 15.9 Å². The van der Waals surface area contributed by atoms with Crippen LogP contribution in [0.15, 0.2) is 30.3 Å². The number of nitrogens with zero attached hydrogens (tertiary/aromatic N) is 3. The molecule has 0 spiro atoms. The number of piperidine rings is 1. The van der Waals surface area contributed by atoms with E-state index in [1.54, 1.807) is 25.1 Å². The van der Waals surface area contributed by atoms with E-state index >= 15 is 0 Å². The number of benzene rings is 1. The van der Waals surface area contributed by atoms with Crippen LogP contribution in [0.4, 0.5) is 4.39 Å². The first kappa shape index (κ1) is 18.7. The van der Waals surface area contributed by atoms with Crippen molar-refractivity contribution in [2.75, 3.05) is 13.1 Å². The summed E-state index contributed by atoms with van der Waals surface area (Å²) in [7, 11) is -3.56. The molecule has 26 heavy (non-hydrogen) atoms. The molecule has 0 radical (unpaired) electrons.